The third-order valence-corrected chi connectivity index (χ3v) is 5.66. The van der Waals surface area contributed by atoms with Crippen molar-refractivity contribution in [2.45, 2.75) is 33.2 Å². The molecule has 0 saturated carbocycles. The molecule has 1 aliphatic rings. The summed E-state index contributed by atoms with van der Waals surface area (Å²) in [5, 5.41) is 9.47. The Balaban J connectivity index is 1.50. The van der Waals surface area contributed by atoms with Gasteiger partial charge in [0.1, 0.15) is 0 Å². The summed E-state index contributed by atoms with van der Waals surface area (Å²) >= 11 is 0. The lowest BCUT2D eigenvalue weighted by Gasteiger charge is -2.18. The second-order valence-electron chi connectivity index (χ2n) is 8.28. The number of guanidine groups is 1. The lowest BCUT2D eigenvalue weighted by Crippen LogP contribution is -2.40. The lowest BCUT2D eigenvalue weighted by atomic mass is 10.1. The van der Waals surface area contributed by atoms with Gasteiger partial charge in [0.2, 0.25) is 5.91 Å². The van der Waals surface area contributed by atoms with Gasteiger partial charge < -0.3 is 20.9 Å². The normalized spacial score (nSPS) is 16.1. The Labute approximate surface area is 196 Å². The van der Waals surface area contributed by atoms with E-state index in [4.69, 9.17) is 0 Å². The van der Waals surface area contributed by atoms with E-state index in [1.165, 1.54) is 5.56 Å². The van der Waals surface area contributed by atoms with E-state index in [1.807, 2.05) is 61.2 Å². The highest BCUT2D eigenvalue weighted by Gasteiger charge is 2.29. The third-order valence-electron chi connectivity index (χ3n) is 5.66. The molecule has 0 aliphatic carbocycles. The fraction of sp³-hybridized carbons (Fsp3) is 0.423. The first-order valence-corrected chi connectivity index (χ1v) is 11.8. The maximum Gasteiger partial charge on any atom is 0.251 e. The first-order valence-electron chi connectivity index (χ1n) is 11.8. The number of hydrogen-bond acceptors (Lipinski definition) is 3. The van der Waals surface area contributed by atoms with Gasteiger partial charge >= 0.3 is 0 Å². The van der Waals surface area contributed by atoms with Gasteiger partial charge in [-0.05, 0) is 43.5 Å². The summed E-state index contributed by atoms with van der Waals surface area (Å²) < 4.78 is 0. The van der Waals surface area contributed by atoms with E-state index in [0.717, 1.165) is 37.6 Å². The Bertz CT molecular complexity index is 945. The lowest BCUT2D eigenvalue weighted by molar-refractivity contribution is -0.127. The van der Waals surface area contributed by atoms with Crippen molar-refractivity contribution >= 4 is 17.8 Å². The van der Waals surface area contributed by atoms with Gasteiger partial charge in [-0.1, -0.05) is 42.5 Å². The fourth-order valence-electron chi connectivity index (χ4n) is 3.94. The molecule has 2 amide bonds. The van der Waals surface area contributed by atoms with Crippen LogP contribution in [0.15, 0.2) is 59.6 Å². The first-order chi connectivity index (χ1) is 16.1. The Hall–Kier alpha value is -3.35. The number of amides is 2. The number of nitrogens with zero attached hydrogens (tertiary/aromatic N) is 2. The van der Waals surface area contributed by atoms with Crippen molar-refractivity contribution in [2.24, 2.45) is 10.9 Å². The number of hydrogen-bond donors (Lipinski definition) is 3. The maximum atomic E-state index is 12.4. The Morgan fingerprint density at radius 3 is 2.52 bits per heavy atom. The monoisotopic (exact) mass is 449 g/mol. The average Bonchev–Trinajstić information content (AvgIpc) is 3.20. The molecular weight excluding hydrogens is 414 g/mol. The first kappa shape index (κ1) is 24.3. The van der Waals surface area contributed by atoms with Gasteiger partial charge in [-0.3, -0.25) is 9.59 Å². The average molecular weight is 450 g/mol. The minimum absolute atomic E-state index is 0.0731. The van der Waals surface area contributed by atoms with E-state index in [0.29, 0.717) is 31.6 Å². The van der Waals surface area contributed by atoms with E-state index in [9.17, 15) is 9.59 Å². The van der Waals surface area contributed by atoms with E-state index in [2.05, 4.69) is 33.1 Å². The molecular formula is C26H35N5O2. The van der Waals surface area contributed by atoms with Crippen LogP contribution in [-0.2, 0) is 17.8 Å². The van der Waals surface area contributed by atoms with Crippen molar-refractivity contribution in [3.8, 4) is 0 Å². The highest BCUT2D eigenvalue weighted by molar-refractivity contribution is 5.94. The predicted octanol–water partition coefficient (Wildman–Crippen LogP) is 2.58. The van der Waals surface area contributed by atoms with Gasteiger partial charge in [0.15, 0.2) is 5.96 Å². The SMILES string of the molecule is CCNC(=O)c1cccc(CN=C(NCC)NCC2CC(=O)N(CCc3ccccc3)C2)c1. The minimum Gasteiger partial charge on any atom is -0.357 e. The van der Waals surface area contributed by atoms with Crippen molar-refractivity contribution in [3.63, 3.8) is 0 Å². The molecule has 1 heterocycles. The topological polar surface area (TPSA) is 85.8 Å². The van der Waals surface area contributed by atoms with Crippen LogP contribution in [0.3, 0.4) is 0 Å². The summed E-state index contributed by atoms with van der Waals surface area (Å²) in [5.41, 5.74) is 2.87. The minimum atomic E-state index is -0.0731. The molecule has 7 heteroatoms. The third kappa shape index (κ3) is 7.63. The number of carbonyl (C=O) groups excluding carboxylic acids is 2. The maximum absolute atomic E-state index is 12.4. The van der Waals surface area contributed by atoms with E-state index < -0.39 is 0 Å². The molecule has 1 fully saturated rings. The molecule has 176 valence electrons. The molecule has 2 aromatic rings. The summed E-state index contributed by atoms with van der Waals surface area (Å²) in [6.45, 7) is 7.97. The Kier molecular flexibility index (Phi) is 9.30. The van der Waals surface area contributed by atoms with Crippen LogP contribution in [0, 0.1) is 5.92 Å². The van der Waals surface area contributed by atoms with Gasteiger partial charge in [-0.15, -0.1) is 0 Å². The number of carbonyl (C=O) groups is 2. The van der Waals surface area contributed by atoms with Gasteiger partial charge in [0.05, 0.1) is 6.54 Å². The summed E-state index contributed by atoms with van der Waals surface area (Å²) in [7, 11) is 0. The zero-order valence-electron chi connectivity index (χ0n) is 19.6. The highest BCUT2D eigenvalue weighted by atomic mass is 16.2. The molecule has 0 bridgehead atoms. The van der Waals surface area contributed by atoms with Crippen molar-refractivity contribution in [3.05, 3.63) is 71.3 Å². The summed E-state index contributed by atoms with van der Waals surface area (Å²) in [6, 6.07) is 17.8. The van der Waals surface area contributed by atoms with E-state index in [1.54, 1.807) is 0 Å². The molecule has 0 spiro atoms. The van der Waals surface area contributed by atoms with Crippen LogP contribution in [0.2, 0.25) is 0 Å². The fourth-order valence-corrected chi connectivity index (χ4v) is 3.94. The van der Waals surface area contributed by atoms with Crippen LogP contribution in [0.25, 0.3) is 0 Å². The molecule has 33 heavy (non-hydrogen) atoms. The van der Waals surface area contributed by atoms with Crippen molar-refractivity contribution in [2.75, 3.05) is 32.7 Å². The molecule has 2 aromatic carbocycles. The van der Waals surface area contributed by atoms with E-state index >= 15 is 0 Å². The number of rotatable bonds is 10. The molecule has 1 unspecified atom stereocenters. The predicted molar refractivity (Wildman–Crippen MR) is 132 cm³/mol. The van der Waals surface area contributed by atoms with E-state index in [-0.39, 0.29) is 17.7 Å². The summed E-state index contributed by atoms with van der Waals surface area (Å²) in [4.78, 5) is 31.1. The highest BCUT2D eigenvalue weighted by Crippen LogP contribution is 2.17. The molecule has 0 aromatic heterocycles. The molecule has 0 radical (unpaired) electrons. The summed E-state index contributed by atoms with van der Waals surface area (Å²) in [5.74, 6) is 1.13. The second-order valence-corrected chi connectivity index (χ2v) is 8.28. The standard InChI is InChI=1S/C26H35N5O2/c1-3-27-25(33)23-12-8-11-21(15-23)17-29-26(28-4-2)30-18-22-16-24(32)31(19-22)14-13-20-9-6-5-7-10-20/h5-12,15,22H,3-4,13-14,16-19H2,1-2H3,(H,27,33)(H2,28,29,30). The smallest absolute Gasteiger partial charge is 0.251 e. The molecule has 7 nitrogen and oxygen atoms in total. The number of likely N-dealkylation sites (tertiary alicyclic amines) is 1. The largest absolute Gasteiger partial charge is 0.357 e. The Morgan fingerprint density at radius 1 is 1.00 bits per heavy atom. The van der Waals surface area contributed by atoms with Gasteiger partial charge in [-0.25, -0.2) is 4.99 Å². The quantitative estimate of drug-likeness (QED) is 0.384. The van der Waals surface area contributed by atoms with Crippen LogP contribution < -0.4 is 16.0 Å². The zero-order valence-corrected chi connectivity index (χ0v) is 19.6. The van der Waals surface area contributed by atoms with Crippen LogP contribution >= 0.6 is 0 Å². The number of benzene rings is 2. The van der Waals surface area contributed by atoms with Crippen molar-refractivity contribution in [1.82, 2.24) is 20.9 Å². The van der Waals surface area contributed by atoms with Crippen LogP contribution in [0.1, 0.15) is 41.8 Å². The van der Waals surface area contributed by atoms with Crippen LogP contribution in [-0.4, -0.2) is 55.4 Å². The number of nitrogens with one attached hydrogen (secondary N) is 3. The van der Waals surface area contributed by atoms with Gasteiger partial charge in [-0.2, -0.15) is 0 Å². The van der Waals surface area contributed by atoms with Crippen LogP contribution in [0.5, 0.6) is 0 Å². The Morgan fingerprint density at radius 2 is 1.76 bits per heavy atom. The molecule has 3 rings (SSSR count). The van der Waals surface area contributed by atoms with Crippen LogP contribution in [0.4, 0.5) is 0 Å². The van der Waals surface area contributed by atoms with Crippen molar-refractivity contribution in [1.29, 1.82) is 0 Å². The second kappa shape index (κ2) is 12.6. The van der Waals surface area contributed by atoms with Gasteiger partial charge in [0.25, 0.3) is 5.91 Å². The molecule has 3 N–H and O–H groups in total. The number of aliphatic imine (C=N–C) groups is 1. The summed E-state index contributed by atoms with van der Waals surface area (Å²) in [6.07, 6.45) is 1.45. The van der Waals surface area contributed by atoms with Crippen molar-refractivity contribution < 1.29 is 9.59 Å². The zero-order chi connectivity index (χ0) is 23.5. The molecule has 1 atom stereocenters. The van der Waals surface area contributed by atoms with Gasteiger partial charge in [0, 0.05) is 50.6 Å². The molecule has 1 aliphatic heterocycles. The molecule has 1 saturated heterocycles.